The van der Waals surface area contributed by atoms with Gasteiger partial charge in [-0.25, -0.2) is 4.79 Å². The molecule has 0 bridgehead atoms. The second-order valence-corrected chi connectivity index (χ2v) is 9.29. The topological polar surface area (TPSA) is 102 Å². The van der Waals surface area contributed by atoms with E-state index in [1.807, 2.05) is 26.0 Å². The molecule has 1 aliphatic rings. The van der Waals surface area contributed by atoms with Crippen molar-refractivity contribution in [2.24, 2.45) is 5.92 Å². The van der Waals surface area contributed by atoms with Crippen LogP contribution in [0.1, 0.15) is 25.8 Å². The third-order valence-electron chi connectivity index (χ3n) is 5.37. The van der Waals surface area contributed by atoms with Crippen LogP contribution in [-0.4, -0.2) is 64.0 Å². The number of benzene rings is 2. The number of hydrogen-bond acceptors (Lipinski definition) is 6. The summed E-state index contributed by atoms with van der Waals surface area (Å²) in [7, 11) is 0. The monoisotopic (exact) mass is 509 g/mol. The molecular formula is C24H29Cl2N3O5. The number of nitrogens with zero attached hydrogens (tertiary/aromatic N) is 2. The third kappa shape index (κ3) is 6.54. The smallest absolute Gasteiger partial charge is 0.328 e. The Hall–Kier alpha value is -2.52. The summed E-state index contributed by atoms with van der Waals surface area (Å²) >= 11 is 12.4. The van der Waals surface area contributed by atoms with Gasteiger partial charge in [0.05, 0.1) is 17.5 Å². The van der Waals surface area contributed by atoms with E-state index in [2.05, 4.69) is 5.32 Å². The van der Waals surface area contributed by atoms with Crippen LogP contribution in [-0.2, 0) is 11.3 Å². The number of nitrogens with one attached hydrogen (secondary N) is 1. The maximum atomic E-state index is 13.4. The molecule has 1 unspecified atom stereocenters. The molecule has 1 atom stereocenters. The van der Waals surface area contributed by atoms with Gasteiger partial charge >= 0.3 is 6.03 Å². The number of ether oxygens (including phenoxy) is 1. The van der Waals surface area contributed by atoms with E-state index in [1.54, 1.807) is 35.2 Å². The van der Waals surface area contributed by atoms with Crippen LogP contribution in [0, 0.1) is 5.92 Å². The first kappa shape index (κ1) is 26.1. The van der Waals surface area contributed by atoms with Crippen LogP contribution in [0.4, 0.5) is 10.5 Å². The second kappa shape index (κ2) is 11.8. The number of imide groups is 1. The minimum absolute atomic E-state index is 0.00473. The Labute approximate surface area is 209 Å². The standard InChI is InChI=1S/C24H29Cl2N3O5/c1-15(2)34-21-8-7-19(9-20(21)26)27-22-10-23(32)29(12-17(13-30)14-31)24(33)28(22)11-16-3-5-18(25)6-4-16/h3-9,15,17,22,27,30-31H,10-14H2,1-2H3. The summed E-state index contributed by atoms with van der Waals surface area (Å²) in [6, 6.07) is 11.8. The van der Waals surface area contributed by atoms with E-state index in [4.69, 9.17) is 27.9 Å². The molecule has 1 heterocycles. The van der Waals surface area contributed by atoms with Gasteiger partial charge in [-0.1, -0.05) is 35.3 Å². The lowest BCUT2D eigenvalue weighted by atomic mass is 10.1. The van der Waals surface area contributed by atoms with Crippen molar-refractivity contribution in [1.29, 1.82) is 0 Å². The summed E-state index contributed by atoms with van der Waals surface area (Å²) in [5.41, 5.74) is 1.46. The lowest BCUT2D eigenvalue weighted by molar-refractivity contribution is -0.133. The maximum absolute atomic E-state index is 13.4. The molecule has 34 heavy (non-hydrogen) atoms. The Morgan fingerprint density at radius 3 is 2.35 bits per heavy atom. The van der Waals surface area contributed by atoms with Gasteiger partial charge in [0, 0.05) is 42.9 Å². The highest BCUT2D eigenvalue weighted by atomic mass is 35.5. The molecule has 0 aromatic heterocycles. The molecule has 1 aliphatic heterocycles. The largest absolute Gasteiger partial charge is 0.489 e. The zero-order valence-corrected chi connectivity index (χ0v) is 20.6. The third-order valence-corrected chi connectivity index (χ3v) is 5.92. The van der Waals surface area contributed by atoms with E-state index in [0.717, 1.165) is 10.5 Å². The van der Waals surface area contributed by atoms with Gasteiger partial charge in [0.15, 0.2) is 0 Å². The number of rotatable bonds is 10. The molecule has 2 aromatic rings. The van der Waals surface area contributed by atoms with E-state index in [0.29, 0.717) is 21.5 Å². The van der Waals surface area contributed by atoms with Gasteiger partial charge in [0.1, 0.15) is 11.9 Å². The van der Waals surface area contributed by atoms with Crippen LogP contribution >= 0.6 is 23.2 Å². The van der Waals surface area contributed by atoms with Crippen molar-refractivity contribution >= 4 is 40.8 Å². The van der Waals surface area contributed by atoms with Gasteiger partial charge in [0.2, 0.25) is 5.91 Å². The van der Waals surface area contributed by atoms with Gasteiger partial charge in [-0.05, 0) is 49.7 Å². The van der Waals surface area contributed by atoms with Crippen LogP contribution in [0.2, 0.25) is 10.0 Å². The number of carbonyl (C=O) groups is 2. The van der Waals surface area contributed by atoms with E-state index < -0.39 is 24.0 Å². The summed E-state index contributed by atoms with van der Waals surface area (Å²) in [6.45, 7) is 3.29. The van der Waals surface area contributed by atoms with Crippen molar-refractivity contribution < 1.29 is 24.5 Å². The van der Waals surface area contributed by atoms with Crippen LogP contribution in [0.15, 0.2) is 42.5 Å². The molecule has 10 heteroatoms. The van der Waals surface area contributed by atoms with Crippen LogP contribution in [0.5, 0.6) is 5.75 Å². The fourth-order valence-corrected chi connectivity index (χ4v) is 3.97. The van der Waals surface area contributed by atoms with Crippen molar-refractivity contribution in [3.8, 4) is 5.75 Å². The Balaban J connectivity index is 1.86. The molecule has 3 rings (SSSR count). The van der Waals surface area contributed by atoms with Gasteiger partial charge in [-0.3, -0.25) is 14.6 Å². The SMILES string of the molecule is CC(C)Oc1ccc(NC2CC(=O)N(CC(CO)CO)C(=O)N2Cc2ccc(Cl)cc2)cc1Cl. The van der Waals surface area contributed by atoms with Crippen LogP contribution in [0.25, 0.3) is 0 Å². The van der Waals surface area contributed by atoms with Crippen molar-refractivity contribution in [3.05, 3.63) is 58.1 Å². The van der Waals surface area contributed by atoms with Crippen molar-refractivity contribution in [1.82, 2.24) is 9.80 Å². The van der Waals surface area contributed by atoms with Gasteiger partial charge in [0.25, 0.3) is 0 Å². The number of anilines is 1. The summed E-state index contributed by atoms with van der Waals surface area (Å²) in [6.07, 6.45) is -0.668. The molecule has 2 aromatic carbocycles. The predicted molar refractivity (Wildman–Crippen MR) is 131 cm³/mol. The number of carbonyl (C=O) groups excluding carboxylic acids is 2. The summed E-state index contributed by atoms with van der Waals surface area (Å²) in [4.78, 5) is 28.9. The molecule has 3 N–H and O–H groups in total. The van der Waals surface area contributed by atoms with Crippen molar-refractivity contribution in [2.45, 2.75) is 39.1 Å². The van der Waals surface area contributed by atoms with Crippen LogP contribution < -0.4 is 10.1 Å². The molecule has 1 saturated heterocycles. The zero-order valence-electron chi connectivity index (χ0n) is 19.1. The molecule has 0 saturated carbocycles. The average Bonchev–Trinajstić information content (AvgIpc) is 2.79. The Kier molecular flexibility index (Phi) is 9.02. The zero-order chi connectivity index (χ0) is 24.8. The molecule has 8 nitrogen and oxygen atoms in total. The maximum Gasteiger partial charge on any atom is 0.328 e. The number of amides is 3. The van der Waals surface area contributed by atoms with E-state index in [-0.39, 0.29) is 38.8 Å². The molecule has 0 radical (unpaired) electrons. The Morgan fingerprint density at radius 1 is 1.09 bits per heavy atom. The summed E-state index contributed by atoms with van der Waals surface area (Å²) < 4.78 is 5.67. The average molecular weight is 510 g/mol. The second-order valence-electron chi connectivity index (χ2n) is 8.45. The first-order valence-corrected chi connectivity index (χ1v) is 11.8. The lowest BCUT2D eigenvalue weighted by Crippen LogP contribution is -2.59. The predicted octanol–water partition coefficient (Wildman–Crippen LogP) is 3.97. The molecule has 0 spiro atoms. The highest BCUT2D eigenvalue weighted by Gasteiger charge is 2.39. The fraction of sp³-hybridized carbons (Fsp3) is 0.417. The quantitative estimate of drug-likeness (QED) is 0.447. The van der Waals surface area contributed by atoms with Gasteiger partial charge < -0.3 is 20.3 Å². The minimum atomic E-state index is -0.637. The Morgan fingerprint density at radius 2 is 1.76 bits per heavy atom. The molecule has 184 valence electrons. The normalized spacial score (nSPS) is 16.5. The molecular weight excluding hydrogens is 481 g/mol. The van der Waals surface area contributed by atoms with E-state index in [1.165, 1.54) is 0 Å². The first-order valence-electron chi connectivity index (χ1n) is 11.0. The minimum Gasteiger partial charge on any atom is -0.489 e. The number of aliphatic hydroxyl groups excluding tert-OH is 2. The van der Waals surface area contributed by atoms with E-state index >= 15 is 0 Å². The Bertz CT molecular complexity index is 999. The lowest BCUT2D eigenvalue weighted by Gasteiger charge is -2.41. The summed E-state index contributed by atoms with van der Waals surface area (Å²) in [5, 5.41) is 23.1. The van der Waals surface area contributed by atoms with Gasteiger partial charge in [-0.2, -0.15) is 0 Å². The number of urea groups is 1. The summed E-state index contributed by atoms with van der Waals surface area (Å²) in [5.74, 6) is -0.462. The number of aliphatic hydroxyl groups is 2. The van der Waals surface area contributed by atoms with Crippen LogP contribution in [0.3, 0.4) is 0 Å². The first-order chi connectivity index (χ1) is 16.2. The highest BCUT2D eigenvalue weighted by molar-refractivity contribution is 6.32. The number of halogens is 2. The molecule has 0 aliphatic carbocycles. The number of hydrogen-bond donors (Lipinski definition) is 3. The van der Waals surface area contributed by atoms with E-state index in [9.17, 15) is 19.8 Å². The molecule has 1 fully saturated rings. The fourth-order valence-electron chi connectivity index (χ4n) is 3.62. The van der Waals surface area contributed by atoms with Gasteiger partial charge in [-0.15, -0.1) is 0 Å². The van der Waals surface area contributed by atoms with Crippen molar-refractivity contribution in [3.63, 3.8) is 0 Å². The molecule has 3 amide bonds. The highest BCUT2D eigenvalue weighted by Crippen LogP contribution is 2.30. The van der Waals surface area contributed by atoms with Crippen molar-refractivity contribution in [2.75, 3.05) is 25.1 Å².